The van der Waals surface area contributed by atoms with Crippen LogP contribution < -0.4 is 4.74 Å². The molecule has 132 valence electrons. The monoisotopic (exact) mass is 359 g/mol. The van der Waals surface area contributed by atoms with Gasteiger partial charge in [-0.2, -0.15) is 0 Å². The molecule has 1 aliphatic rings. The summed E-state index contributed by atoms with van der Waals surface area (Å²) in [7, 11) is -3.06. The van der Waals surface area contributed by atoms with Gasteiger partial charge in [-0.1, -0.05) is 49.4 Å². The van der Waals surface area contributed by atoms with Crippen molar-refractivity contribution in [2.24, 2.45) is 0 Å². The highest BCUT2D eigenvalue weighted by Crippen LogP contribution is 2.22. The Kier molecular flexibility index (Phi) is 5.08. The number of carbonyl (C=O) groups excluding carboxylic acids is 1. The van der Waals surface area contributed by atoms with Gasteiger partial charge >= 0.3 is 0 Å². The highest BCUT2D eigenvalue weighted by atomic mass is 32.2. The van der Waals surface area contributed by atoms with E-state index in [2.05, 4.69) is 0 Å². The highest BCUT2D eigenvalue weighted by Gasteiger charge is 2.38. The number of benzene rings is 2. The zero-order chi connectivity index (χ0) is 17.9. The summed E-state index contributed by atoms with van der Waals surface area (Å²) in [5.41, 5.74) is 2.20. The lowest BCUT2D eigenvalue weighted by Gasteiger charge is -2.38. The molecule has 0 atom stereocenters. The van der Waals surface area contributed by atoms with Crippen molar-refractivity contribution in [3.05, 3.63) is 54.6 Å². The second kappa shape index (κ2) is 7.27. The largest absolute Gasteiger partial charge is 0.484 e. The molecule has 3 rings (SSSR count). The second-order valence-corrected chi connectivity index (χ2v) is 8.62. The number of nitrogens with zero attached hydrogens (tertiary/aromatic N) is 1. The number of carbonyl (C=O) groups is 1. The summed E-state index contributed by atoms with van der Waals surface area (Å²) in [5.74, 6) is 0.546. The molecule has 1 amide bonds. The molecular weight excluding hydrogens is 338 g/mol. The van der Waals surface area contributed by atoms with Crippen LogP contribution >= 0.6 is 0 Å². The van der Waals surface area contributed by atoms with Crippen LogP contribution in [0.15, 0.2) is 54.6 Å². The first kappa shape index (κ1) is 17.5. The molecule has 0 radical (unpaired) electrons. The van der Waals surface area contributed by atoms with E-state index in [0.717, 1.165) is 11.1 Å². The minimum atomic E-state index is -3.06. The number of amides is 1. The molecule has 0 aromatic heterocycles. The zero-order valence-corrected chi connectivity index (χ0v) is 14.9. The fourth-order valence-electron chi connectivity index (χ4n) is 2.72. The summed E-state index contributed by atoms with van der Waals surface area (Å²) in [5, 5.41) is -0.424. The van der Waals surface area contributed by atoms with Crippen LogP contribution in [0.3, 0.4) is 0 Å². The Bertz CT molecular complexity index is 825. The minimum absolute atomic E-state index is 0.0798. The summed E-state index contributed by atoms with van der Waals surface area (Å²) in [6.07, 6.45) is 0. The molecule has 5 nitrogen and oxygen atoms in total. The average molecular weight is 359 g/mol. The molecule has 1 saturated heterocycles. The molecule has 6 heteroatoms. The molecule has 0 unspecified atom stereocenters. The van der Waals surface area contributed by atoms with E-state index >= 15 is 0 Å². The molecule has 0 spiro atoms. The van der Waals surface area contributed by atoms with E-state index in [0.29, 0.717) is 5.75 Å². The van der Waals surface area contributed by atoms with Gasteiger partial charge < -0.3 is 9.64 Å². The summed E-state index contributed by atoms with van der Waals surface area (Å²) in [6.45, 7) is 2.09. The van der Waals surface area contributed by atoms with Crippen molar-refractivity contribution in [2.75, 3.05) is 25.4 Å². The van der Waals surface area contributed by atoms with E-state index in [-0.39, 0.29) is 31.4 Å². The minimum Gasteiger partial charge on any atom is -0.484 e. The van der Waals surface area contributed by atoms with Crippen molar-refractivity contribution >= 4 is 15.7 Å². The molecule has 1 fully saturated rings. The first-order valence-electron chi connectivity index (χ1n) is 8.27. The van der Waals surface area contributed by atoms with Gasteiger partial charge in [0.2, 0.25) is 0 Å². The van der Waals surface area contributed by atoms with Crippen LogP contribution in [0.2, 0.25) is 0 Å². The van der Waals surface area contributed by atoms with Crippen LogP contribution in [-0.4, -0.2) is 49.9 Å². The Balaban J connectivity index is 1.50. The third kappa shape index (κ3) is 4.02. The molecule has 0 bridgehead atoms. The predicted octanol–water partition coefficient (Wildman–Crippen LogP) is 2.38. The maximum Gasteiger partial charge on any atom is 0.260 e. The summed E-state index contributed by atoms with van der Waals surface area (Å²) in [4.78, 5) is 13.6. The molecule has 0 saturated carbocycles. The SMILES string of the molecule is CCS(=O)(=O)C1CN(C(=O)COc2ccc(-c3ccccc3)cc2)C1. The van der Waals surface area contributed by atoms with Crippen molar-refractivity contribution in [3.8, 4) is 16.9 Å². The number of ether oxygens (including phenoxy) is 1. The van der Waals surface area contributed by atoms with Gasteiger partial charge in [-0.3, -0.25) is 4.79 Å². The van der Waals surface area contributed by atoms with Crippen molar-refractivity contribution in [3.63, 3.8) is 0 Å². The second-order valence-electron chi connectivity index (χ2n) is 6.05. The lowest BCUT2D eigenvalue weighted by Crippen LogP contribution is -2.58. The zero-order valence-electron chi connectivity index (χ0n) is 14.1. The quantitative estimate of drug-likeness (QED) is 0.794. The topological polar surface area (TPSA) is 63.7 Å². The van der Waals surface area contributed by atoms with Crippen molar-refractivity contribution in [2.45, 2.75) is 12.2 Å². The molecule has 0 aliphatic carbocycles. The van der Waals surface area contributed by atoms with Gasteiger partial charge in [0.1, 0.15) is 5.75 Å². The van der Waals surface area contributed by atoms with E-state index in [4.69, 9.17) is 4.74 Å². The standard InChI is InChI=1S/C19H21NO4S/c1-2-25(22,23)18-12-20(13-18)19(21)14-24-17-10-8-16(9-11-17)15-6-4-3-5-7-15/h3-11,18H,2,12-14H2,1H3. The Morgan fingerprint density at radius 3 is 2.24 bits per heavy atom. The van der Waals surface area contributed by atoms with Gasteiger partial charge in [-0.05, 0) is 23.3 Å². The smallest absolute Gasteiger partial charge is 0.260 e. The third-order valence-electron chi connectivity index (χ3n) is 4.43. The van der Waals surface area contributed by atoms with E-state index < -0.39 is 15.1 Å². The van der Waals surface area contributed by atoms with Gasteiger partial charge in [-0.25, -0.2) is 8.42 Å². The summed E-state index contributed by atoms with van der Waals surface area (Å²) < 4.78 is 28.9. The Hall–Kier alpha value is -2.34. The van der Waals surface area contributed by atoms with E-state index in [9.17, 15) is 13.2 Å². The summed E-state index contributed by atoms with van der Waals surface area (Å²) in [6, 6.07) is 17.6. The predicted molar refractivity (Wildman–Crippen MR) is 97.2 cm³/mol. The van der Waals surface area contributed by atoms with E-state index in [1.165, 1.54) is 4.90 Å². The van der Waals surface area contributed by atoms with Crippen LogP contribution in [0.4, 0.5) is 0 Å². The molecule has 2 aromatic rings. The third-order valence-corrected chi connectivity index (χ3v) is 6.55. The first-order chi connectivity index (χ1) is 12.0. The van der Waals surface area contributed by atoms with E-state index in [1.54, 1.807) is 6.92 Å². The van der Waals surface area contributed by atoms with Gasteiger partial charge in [0.25, 0.3) is 5.91 Å². The molecule has 1 heterocycles. The van der Waals surface area contributed by atoms with E-state index in [1.807, 2.05) is 54.6 Å². The van der Waals surface area contributed by atoms with Crippen molar-refractivity contribution < 1.29 is 17.9 Å². The van der Waals surface area contributed by atoms with Gasteiger partial charge in [-0.15, -0.1) is 0 Å². The Morgan fingerprint density at radius 2 is 1.64 bits per heavy atom. The number of hydrogen-bond donors (Lipinski definition) is 0. The van der Waals surface area contributed by atoms with Gasteiger partial charge in [0, 0.05) is 18.8 Å². The lowest BCUT2D eigenvalue weighted by molar-refractivity contribution is -0.136. The molecule has 1 aliphatic heterocycles. The number of hydrogen-bond acceptors (Lipinski definition) is 4. The molecule has 0 N–H and O–H groups in total. The number of sulfone groups is 1. The normalized spacial score (nSPS) is 14.8. The Morgan fingerprint density at radius 1 is 1.04 bits per heavy atom. The number of likely N-dealkylation sites (tertiary alicyclic amines) is 1. The average Bonchev–Trinajstić information content (AvgIpc) is 2.59. The van der Waals surface area contributed by atoms with Gasteiger partial charge in [0.05, 0.1) is 5.25 Å². The summed E-state index contributed by atoms with van der Waals surface area (Å²) >= 11 is 0. The van der Waals surface area contributed by atoms with Crippen molar-refractivity contribution in [1.29, 1.82) is 0 Å². The lowest BCUT2D eigenvalue weighted by atomic mass is 10.1. The van der Waals surface area contributed by atoms with Crippen LogP contribution in [-0.2, 0) is 14.6 Å². The van der Waals surface area contributed by atoms with Crippen molar-refractivity contribution in [1.82, 2.24) is 4.90 Å². The van der Waals surface area contributed by atoms with Crippen LogP contribution in [0.25, 0.3) is 11.1 Å². The maximum absolute atomic E-state index is 12.1. The fourth-order valence-corrected chi connectivity index (χ4v) is 4.00. The first-order valence-corrected chi connectivity index (χ1v) is 9.99. The molecular formula is C19H21NO4S. The van der Waals surface area contributed by atoms with Gasteiger partial charge in [0.15, 0.2) is 16.4 Å². The Labute approximate surface area is 148 Å². The molecule has 25 heavy (non-hydrogen) atoms. The highest BCUT2D eigenvalue weighted by molar-refractivity contribution is 7.92. The maximum atomic E-state index is 12.1. The molecule has 2 aromatic carbocycles. The number of rotatable bonds is 6. The fraction of sp³-hybridized carbons (Fsp3) is 0.316. The van der Waals surface area contributed by atoms with Crippen LogP contribution in [0.1, 0.15) is 6.92 Å². The van der Waals surface area contributed by atoms with Crippen LogP contribution in [0, 0.1) is 0 Å². The van der Waals surface area contributed by atoms with Crippen LogP contribution in [0.5, 0.6) is 5.75 Å².